The first-order valence-corrected chi connectivity index (χ1v) is 7.08. The van der Waals surface area contributed by atoms with Crippen LogP contribution >= 0.6 is 24.0 Å². The molecule has 1 rings (SSSR count). The minimum atomic E-state index is -0.0915. The second-order valence-electron chi connectivity index (χ2n) is 3.67. The number of rotatable bonds is 4. The maximum atomic E-state index is 11.5. The van der Waals surface area contributed by atoms with E-state index >= 15 is 0 Å². The number of thioether (sulfide) groups is 1. The van der Waals surface area contributed by atoms with E-state index in [1.165, 1.54) is 11.1 Å². The zero-order chi connectivity index (χ0) is 13.4. The molecule has 6 heteroatoms. The molecule has 0 aromatic heterocycles. The van der Waals surface area contributed by atoms with E-state index in [1.807, 2.05) is 12.1 Å². The number of hydrogen-bond donors (Lipinski definition) is 3. The molecule has 0 bridgehead atoms. The molecule has 0 saturated heterocycles. The Hall–Kier alpha value is -1.27. The van der Waals surface area contributed by atoms with Crippen molar-refractivity contribution in [2.24, 2.45) is 0 Å². The molecule has 0 spiro atoms. The van der Waals surface area contributed by atoms with Gasteiger partial charge in [-0.3, -0.25) is 15.6 Å². The van der Waals surface area contributed by atoms with Gasteiger partial charge in [0, 0.05) is 12.8 Å². The van der Waals surface area contributed by atoms with E-state index in [0.29, 0.717) is 10.9 Å². The Labute approximate surface area is 117 Å². The van der Waals surface area contributed by atoms with Gasteiger partial charge >= 0.3 is 0 Å². The number of thiocarbonyl (C=S) groups is 1. The summed E-state index contributed by atoms with van der Waals surface area (Å²) < 4.78 is 0. The lowest BCUT2D eigenvalue weighted by molar-refractivity contribution is -0.119. The molecule has 18 heavy (non-hydrogen) atoms. The average Bonchev–Trinajstić information content (AvgIpc) is 2.38. The van der Waals surface area contributed by atoms with Crippen LogP contribution in [0.2, 0.25) is 0 Å². The monoisotopic (exact) mass is 283 g/mol. The molecule has 0 aliphatic rings. The Morgan fingerprint density at radius 1 is 1.33 bits per heavy atom. The highest BCUT2D eigenvalue weighted by atomic mass is 32.2. The van der Waals surface area contributed by atoms with Crippen molar-refractivity contribution >= 4 is 35.0 Å². The van der Waals surface area contributed by atoms with Gasteiger partial charge in [0.15, 0.2) is 5.11 Å². The summed E-state index contributed by atoms with van der Waals surface area (Å²) >= 11 is 6.41. The fourth-order valence-corrected chi connectivity index (χ4v) is 2.21. The van der Waals surface area contributed by atoms with Crippen molar-refractivity contribution in [1.29, 1.82) is 0 Å². The number of aryl methyl sites for hydroxylation is 1. The number of amides is 1. The van der Waals surface area contributed by atoms with Gasteiger partial charge in [-0.25, -0.2) is 0 Å². The fraction of sp³-hybridized carbons (Fsp3) is 0.333. The molecule has 1 aromatic rings. The Bertz CT molecular complexity index is 424. The van der Waals surface area contributed by atoms with Gasteiger partial charge in [-0.15, -0.1) is 11.8 Å². The van der Waals surface area contributed by atoms with Crippen LogP contribution in [0.3, 0.4) is 0 Å². The van der Waals surface area contributed by atoms with Crippen molar-refractivity contribution in [2.75, 3.05) is 12.8 Å². The van der Waals surface area contributed by atoms with Crippen LogP contribution in [-0.4, -0.2) is 23.8 Å². The molecule has 0 unspecified atom stereocenters. The Morgan fingerprint density at radius 3 is 2.72 bits per heavy atom. The second kappa shape index (κ2) is 7.94. The van der Waals surface area contributed by atoms with Crippen molar-refractivity contribution in [2.45, 2.75) is 12.7 Å². The molecule has 0 radical (unpaired) electrons. The lowest BCUT2D eigenvalue weighted by Crippen LogP contribution is -2.46. The molecule has 4 nitrogen and oxygen atoms in total. The summed E-state index contributed by atoms with van der Waals surface area (Å²) in [6, 6.07) is 8.17. The van der Waals surface area contributed by atoms with Crippen molar-refractivity contribution in [1.82, 2.24) is 16.2 Å². The quantitative estimate of drug-likeness (QED) is 0.575. The van der Waals surface area contributed by atoms with E-state index in [0.717, 1.165) is 5.75 Å². The maximum Gasteiger partial charge on any atom is 0.248 e. The summed E-state index contributed by atoms with van der Waals surface area (Å²) in [5.41, 5.74) is 7.63. The number of hydrogen-bond acceptors (Lipinski definition) is 3. The predicted octanol–water partition coefficient (Wildman–Crippen LogP) is 1.35. The van der Waals surface area contributed by atoms with Crippen LogP contribution in [0.1, 0.15) is 11.1 Å². The van der Waals surface area contributed by atoms with Crippen LogP contribution < -0.4 is 16.2 Å². The zero-order valence-corrected chi connectivity index (χ0v) is 12.1. The third kappa shape index (κ3) is 5.37. The minimum Gasteiger partial charge on any atom is -0.364 e. The van der Waals surface area contributed by atoms with Crippen LogP contribution in [-0.2, 0) is 10.5 Å². The summed E-state index contributed by atoms with van der Waals surface area (Å²) in [6.07, 6.45) is 0. The van der Waals surface area contributed by atoms with Crippen LogP contribution in [0, 0.1) is 6.92 Å². The van der Waals surface area contributed by atoms with E-state index in [4.69, 9.17) is 12.2 Å². The van der Waals surface area contributed by atoms with Crippen LogP contribution in [0.5, 0.6) is 0 Å². The number of hydrazine groups is 1. The average molecular weight is 283 g/mol. The van der Waals surface area contributed by atoms with Crippen molar-refractivity contribution in [3.63, 3.8) is 0 Å². The van der Waals surface area contributed by atoms with Crippen LogP contribution in [0.15, 0.2) is 24.3 Å². The number of carbonyl (C=O) groups excluding carboxylic acids is 1. The molecule has 0 fully saturated rings. The lowest BCUT2D eigenvalue weighted by atomic mass is 10.1. The second-order valence-corrected chi connectivity index (χ2v) is 5.07. The largest absolute Gasteiger partial charge is 0.364 e. The van der Waals surface area contributed by atoms with Gasteiger partial charge in [0.1, 0.15) is 0 Å². The standard InChI is InChI=1S/C12H17N3OS2/c1-9-5-3-4-6-10(9)7-18-8-11(16)14-15-12(17)13-2/h3-6H,7-8H2,1-2H3,(H,14,16)(H2,13,15,17). The number of carbonyl (C=O) groups is 1. The Morgan fingerprint density at radius 2 is 2.06 bits per heavy atom. The maximum absolute atomic E-state index is 11.5. The smallest absolute Gasteiger partial charge is 0.248 e. The molecule has 0 heterocycles. The molecule has 3 N–H and O–H groups in total. The molecule has 0 saturated carbocycles. The van der Waals surface area contributed by atoms with E-state index in [-0.39, 0.29) is 5.91 Å². The SMILES string of the molecule is CNC(=S)NNC(=O)CSCc1ccccc1C. The van der Waals surface area contributed by atoms with E-state index in [2.05, 4.69) is 35.2 Å². The number of benzene rings is 1. The molecule has 1 amide bonds. The van der Waals surface area contributed by atoms with E-state index in [9.17, 15) is 4.79 Å². The van der Waals surface area contributed by atoms with Crippen molar-refractivity contribution in [3.05, 3.63) is 35.4 Å². The highest BCUT2D eigenvalue weighted by Crippen LogP contribution is 2.15. The van der Waals surface area contributed by atoms with Gasteiger partial charge in [-0.05, 0) is 30.3 Å². The molecule has 98 valence electrons. The van der Waals surface area contributed by atoms with Gasteiger partial charge in [-0.2, -0.15) is 0 Å². The Kier molecular flexibility index (Phi) is 6.53. The minimum absolute atomic E-state index is 0.0915. The first-order chi connectivity index (χ1) is 8.63. The van der Waals surface area contributed by atoms with Gasteiger partial charge < -0.3 is 5.32 Å². The first-order valence-electron chi connectivity index (χ1n) is 5.52. The highest BCUT2D eigenvalue weighted by molar-refractivity contribution is 7.99. The first kappa shape index (κ1) is 14.8. The molecule has 0 aliphatic heterocycles. The summed E-state index contributed by atoms with van der Waals surface area (Å²) in [7, 11) is 1.69. The van der Waals surface area contributed by atoms with Gasteiger partial charge in [-0.1, -0.05) is 24.3 Å². The molecule has 0 atom stereocenters. The molecule has 1 aromatic carbocycles. The Balaban J connectivity index is 2.24. The highest BCUT2D eigenvalue weighted by Gasteiger charge is 2.03. The third-order valence-electron chi connectivity index (χ3n) is 2.29. The fourth-order valence-electron chi connectivity index (χ4n) is 1.25. The van der Waals surface area contributed by atoms with Crippen LogP contribution in [0.25, 0.3) is 0 Å². The normalized spacial score (nSPS) is 9.67. The summed E-state index contributed by atoms with van der Waals surface area (Å²) in [6.45, 7) is 2.07. The molecule has 0 aliphatic carbocycles. The summed E-state index contributed by atoms with van der Waals surface area (Å²) in [5.74, 6) is 1.13. The third-order valence-corrected chi connectivity index (χ3v) is 3.58. The number of nitrogens with one attached hydrogen (secondary N) is 3. The summed E-state index contributed by atoms with van der Waals surface area (Å²) in [4.78, 5) is 11.5. The zero-order valence-electron chi connectivity index (χ0n) is 10.4. The van der Waals surface area contributed by atoms with E-state index in [1.54, 1.807) is 18.8 Å². The lowest BCUT2D eigenvalue weighted by Gasteiger charge is -2.09. The predicted molar refractivity (Wildman–Crippen MR) is 80.3 cm³/mol. The van der Waals surface area contributed by atoms with Gasteiger partial charge in [0.2, 0.25) is 5.91 Å². The molecular weight excluding hydrogens is 266 g/mol. The van der Waals surface area contributed by atoms with Gasteiger partial charge in [0.05, 0.1) is 5.75 Å². The van der Waals surface area contributed by atoms with Gasteiger partial charge in [0.25, 0.3) is 0 Å². The van der Waals surface area contributed by atoms with Crippen LogP contribution in [0.4, 0.5) is 0 Å². The summed E-state index contributed by atoms with van der Waals surface area (Å²) in [5, 5.41) is 3.10. The van der Waals surface area contributed by atoms with Crippen molar-refractivity contribution in [3.8, 4) is 0 Å². The van der Waals surface area contributed by atoms with Crippen molar-refractivity contribution < 1.29 is 4.79 Å². The molecular formula is C12H17N3OS2. The topological polar surface area (TPSA) is 53.2 Å². The van der Waals surface area contributed by atoms with E-state index < -0.39 is 0 Å².